The van der Waals surface area contributed by atoms with Gasteiger partial charge in [-0.05, 0) is 60.5 Å². The monoisotopic (exact) mass is 416 g/mol. The van der Waals surface area contributed by atoms with Crippen molar-refractivity contribution >= 4 is 23.1 Å². The van der Waals surface area contributed by atoms with Crippen LogP contribution in [-0.2, 0) is 16.0 Å². The number of carbonyl (C=O) groups is 2. The average molecular weight is 416 g/mol. The highest BCUT2D eigenvalue weighted by atomic mass is 32.1. The zero-order valence-electron chi connectivity index (χ0n) is 15.8. The van der Waals surface area contributed by atoms with Crippen molar-refractivity contribution in [3.05, 3.63) is 76.2 Å². The molecule has 150 valence electrons. The molecule has 0 saturated carbocycles. The Labute approximate surface area is 170 Å². The van der Waals surface area contributed by atoms with Gasteiger partial charge < -0.3 is 9.47 Å². The van der Waals surface area contributed by atoms with E-state index in [4.69, 9.17) is 9.47 Å². The molecule has 0 unspecified atom stereocenters. The first kappa shape index (κ1) is 20.7. The molecule has 7 heteroatoms. The Hall–Kier alpha value is -3.06. The summed E-state index contributed by atoms with van der Waals surface area (Å²) in [7, 11) is 1.56. The van der Waals surface area contributed by atoms with Gasteiger partial charge in [0.2, 0.25) is 5.78 Å². The molecular weight excluding hydrogens is 398 g/mol. The topological polar surface area (TPSA) is 52.6 Å². The third kappa shape index (κ3) is 4.68. The number of rotatable bonds is 7. The molecule has 0 aliphatic heterocycles. The number of thiophene rings is 1. The maximum atomic E-state index is 14.1. The molecule has 1 heterocycles. The van der Waals surface area contributed by atoms with E-state index in [0.29, 0.717) is 22.3 Å². The lowest BCUT2D eigenvalue weighted by molar-refractivity contribution is -0.142. The predicted molar refractivity (Wildman–Crippen MR) is 106 cm³/mol. The fourth-order valence-electron chi connectivity index (χ4n) is 2.83. The zero-order valence-corrected chi connectivity index (χ0v) is 16.6. The molecule has 3 aromatic rings. The van der Waals surface area contributed by atoms with Crippen molar-refractivity contribution < 1.29 is 27.8 Å². The first-order valence-corrected chi connectivity index (χ1v) is 9.67. The van der Waals surface area contributed by atoms with Gasteiger partial charge in [0, 0.05) is 10.9 Å². The Bertz CT molecular complexity index is 1040. The van der Waals surface area contributed by atoms with Gasteiger partial charge in [-0.2, -0.15) is 0 Å². The van der Waals surface area contributed by atoms with Crippen LogP contribution in [0.1, 0.15) is 27.7 Å². The zero-order chi connectivity index (χ0) is 21.0. The van der Waals surface area contributed by atoms with E-state index in [1.165, 1.54) is 0 Å². The van der Waals surface area contributed by atoms with E-state index in [-0.39, 0.29) is 23.5 Å². The van der Waals surface area contributed by atoms with Gasteiger partial charge in [0.15, 0.2) is 0 Å². The van der Waals surface area contributed by atoms with Gasteiger partial charge >= 0.3 is 5.97 Å². The summed E-state index contributed by atoms with van der Waals surface area (Å²) in [6.45, 7) is 1.95. The van der Waals surface area contributed by atoms with Crippen LogP contribution in [0.4, 0.5) is 8.78 Å². The van der Waals surface area contributed by atoms with Crippen molar-refractivity contribution in [2.45, 2.75) is 13.3 Å². The van der Waals surface area contributed by atoms with E-state index in [0.717, 1.165) is 29.0 Å². The highest BCUT2D eigenvalue weighted by Gasteiger charge is 2.21. The summed E-state index contributed by atoms with van der Waals surface area (Å²) in [6.07, 6.45) is -0.0229. The number of carbonyl (C=O) groups excluding carboxylic acids is 2. The second-order valence-electron chi connectivity index (χ2n) is 6.13. The molecule has 0 radical (unpaired) electrons. The molecule has 0 saturated heterocycles. The van der Waals surface area contributed by atoms with Crippen LogP contribution >= 0.6 is 11.3 Å². The number of halogens is 2. The Morgan fingerprint density at radius 1 is 1.03 bits per heavy atom. The van der Waals surface area contributed by atoms with Crippen LogP contribution in [0.2, 0.25) is 0 Å². The third-order valence-corrected chi connectivity index (χ3v) is 5.43. The van der Waals surface area contributed by atoms with Gasteiger partial charge in [0.05, 0.1) is 30.6 Å². The number of ketones is 1. The Kier molecular flexibility index (Phi) is 6.39. The summed E-state index contributed by atoms with van der Waals surface area (Å²) in [5.74, 6) is -2.01. The summed E-state index contributed by atoms with van der Waals surface area (Å²) in [6, 6.07) is 11.5. The molecule has 4 nitrogen and oxygen atoms in total. The molecule has 0 spiro atoms. The van der Waals surface area contributed by atoms with E-state index in [1.807, 2.05) is 12.1 Å². The van der Waals surface area contributed by atoms with E-state index < -0.39 is 23.4 Å². The minimum absolute atomic E-state index is 0.0229. The molecule has 1 aromatic heterocycles. The summed E-state index contributed by atoms with van der Waals surface area (Å²) in [5, 5.41) is 0. The van der Waals surface area contributed by atoms with Crippen LogP contribution < -0.4 is 4.74 Å². The van der Waals surface area contributed by atoms with Gasteiger partial charge in [-0.3, -0.25) is 9.59 Å². The normalized spacial score (nSPS) is 10.6. The van der Waals surface area contributed by atoms with Gasteiger partial charge in [0.1, 0.15) is 17.4 Å². The molecular formula is C22H18F2O4S. The first-order chi connectivity index (χ1) is 13.9. The van der Waals surface area contributed by atoms with Gasteiger partial charge in [0.25, 0.3) is 0 Å². The minimum Gasteiger partial charge on any atom is -0.497 e. The molecule has 2 aromatic carbocycles. The van der Waals surface area contributed by atoms with E-state index >= 15 is 0 Å². The lowest BCUT2D eigenvalue weighted by Crippen LogP contribution is -2.07. The van der Waals surface area contributed by atoms with Crippen molar-refractivity contribution in [2.75, 3.05) is 13.7 Å². The summed E-state index contributed by atoms with van der Waals surface area (Å²) < 4.78 is 37.4. The second kappa shape index (κ2) is 8.96. The van der Waals surface area contributed by atoms with E-state index in [1.54, 1.807) is 32.2 Å². The number of hydrogen-bond donors (Lipinski definition) is 0. The van der Waals surface area contributed by atoms with Crippen LogP contribution in [0, 0.1) is 11.6 Å². The van der Waals surface area contributed by atoms with Crippen molar-refractivity contribution in [3.63, 3.8) is 0 Å². The Morgan fingerprint density at radius 3 is 2.38 bits per heavy atom. The van der Waals surface area contributed by atoms with Gasteiger partial charge in [-0.15, -0.1) is 11.3 Å². The lowest BCUT2D eigenvalue weighted by atomic mass is 10.0. The molecule has 0 N–H and O–H groups in total. The molecule has 0 atom stereocenters. The molecule has 0 aliphatic carbocycles. The average Bonchev–Trinajstić information content (AvgIpc) is 3.11. The summed E-state index contributed by atoms with van der Waals surface area (Å²) >= 11 is 1.14. The maximum Gasteiger partial charge on any atom is 0.310 e. The Balaban J connectivity index is 2.02. The molecule has 0 aliphatic rings. The minimum atomic E-state index is -0.929. The van der Waals surface area contributed by atoms with Crippen molar-refractivity contribution in [1.29, 1.82) is 0 Å². The fraction of sp³-hybridized carbons (Fsp3) is 0.182. The van der Waals surface area contributed by atoms with Gasteiger partial charge in [-0.1, -0.05) is 0 Å². The SMILES string of the molecule is CCOC(=O)Cc1cc(C(=O)c2ccc(F)cc2F)sc1-c1ccc(OC)cc1. The summed E-state index contributed by atoms with van der Waals surface area (Å²) in [5.41, 5.74) is 1.16. The fourth-order valence-corrected chi connectivity index (χ4v) is 3.97. The Morgan fingerprint density at radius 2 is 1.76 bits per heavy atom. The van der Waals surface area contributed by atoms with Crippen LogP contribution in [0.15, 0.2) is 48.5 Å². The lowest BCUT2D eigenvalue weighted by Gasteiger charge is -2.05. The summed E-state index contributed by atoms with van der Waals surface area (Å²) in [4.78, 5) is 25.8. The molecule has 0 amide bonds. The first-order valence-electron chi connectivity index (χ1n) is 8.85. The largest absolute Gasteiger partial charge is 0.497 e. The highest BCUT2D eigenvalue weighted by Crippen LogP contribution is 2.35. The third-order valence-electron chi connectivity index (χ3n) is 4.20. The predicted octanol–water partition coefficient (Wildman–Crippen LogP) is 5.04. The van der Waals surface area contributed by atoms with E-state index in [9.17, 15) is 18.4 Å². The standard InChI is InChI=1S/C22H18F2O4S/c1-3-28-20(25)11-14-10-19(21(26)17-9-6-15(23)12-18(17)24)29-22(14)13-4-7-16(27-2)8-5-13/h4-10,12H,3,11H2,1-2H3. The van der Waals surface area contributed by atoms with Gasteiger partial charge in [-0.25, -0.2) is 8.78 Å². The smallest absolute Gasteiger partial charge is 0.310 e. The molecule has 29 heavy (non-hydrogen) atoms. The molecule has 3 rings (SSSR count). The maximum absolute atomic E-state index is 14.1. The number of ether oxygens (including phenoxy) is 2. The van der Waals surface area contributed by atoms with Crippen LogP contribution in [0.25, 0.3) is 10.4 Å². The quantitative estimate of drug-likeness (QED) is 0.400. The van der Waals surface area contributed by atoms with Crippen LogP contribution in [0.3, 0.4) is 0 Å². The second-order valence-corrected chi connectivity index (χ2v) is 7.18. The van der Waals surface area contributed by atoms with Crippen LogP contribution in [-0.4, -0.2) is 25.5 Å². The molecule has 0 bridgehead atoms. The van der Waals surface area contributed by atoms with Crippen molar-refractivity contribution in [1.82, 2.24) is 0 Å². The number of methoxy groups -OCH3 is 1. The highest BCUT2D eigenvalue weighted by molar-refractivity contribution is 7.17. The van der Waals surface area contributed by atoms with Crippen molar-refractivity contribution in [3.8, 4) is 16.2 Å². The molecule has 0 fully saturated rings. The number of esters is 1. The number of hydrogen-bond acceptors (Lipinski definition) is 5. The van der Waals surface area contributed by atoms with Crippen molar-refractivity contribution in [2.24, 2.45) is 0 Å². The van der Waals surface area contributed by atoms with E-state index in [2.05, 4.69) is 0 Å². The van der Waals surface area contributed by atoms with Crippen LogP contribution in [0.5, 0.6) is 5.75 Å². The number of benzene rings is 2.